The second-order valence-electron chi connectivity index (χ2n) is 4.03. The minimum absolute atomic E-state index is 0.137. The fraction of sp³-hybridized carbons (Fsp3) is 0.778. The molecule has 0 aromatic heterocycles. The molecule has 0 aliphatic carbocycles. The first-order valence-corrected chi connectivity index (χ1v) is 4.16. The Bertz CT molecular complexity index is 256. The summed E-state index contributed by atoms with van der Waals surface area (Å²) in [6.45, 7) is 6.60. The van der Waals surface area contributed by atoms with Gasteiger partial charge in [-0.05, 0) is 20.8 Å². The molecule has 13 heavy (non-hydrogen) atoms. The minimum Gasteiger partial charge on any atom is -0.461 e. The molecule has 0 bridgehead atoms. The molecular weight excluding hydrogens is 172 g/mol. The van der Waals surface area contributed by atoms with E-state index in [1.54, 1.807) is 20.8 Å². The van der Waals surface area contributed by atoms with E-state index >= 15 is 0 Å². The molecule has 4 nitrogen and oxygen atoms in total. The largest absolute Gasteiger partial charge is 0.461 e. The van der Waals surface area contributed by atoms with Crippen LogP contribution in [0.2, 0.25) is 0 Å². The number of carbonyl (C=O) groups excluding carboxylic acids is 2. The van der Waals surface area contributed by atoms with Crippen molar-refractivity contribution in [2.45, 2.75) is 33.3 Å². The molecule has 1 saturated heterocycles. The number of carbonyl (C=O) groups is 2. The maximum Gasteiger partial charge on any atom is 0.315 e. The van der Waals surface area contributed by atoms with Crippen molar-refractivity contribution in [3.8, 4) is 0 Å². The molecule has 1 fully saturated rings. The van der Waals surface area contributed by atoms with Crippen LogP contribution in [0.3, 0.4) is 0 Å². The van der Waals surface area contributed by atoms with Crippen molar-refractivity contribution in [3.05, 3.63) is 0 Å². The number of rotatable bonds is 1. The van der Waals surface area contributed by atoms with E-state index in [2.05, 4.69) is 0 Å². The lowest BCUT2D eigenvalue weighted by atomic mass is 9.78. The third-order valence-electron chi connectivity index (χ3n) is 2.68. The van der Waals surface area contributed by atoms with Gasteiger partial charge in [-0.3, -0.25) is 9.59 Å². The summed E-state index contributed by atoms with van der Waals surface area (Å²) in [7, 11) is 0. The first-order chi connectivity index (χ1) is 5.79. The number of ether oxygens (including phenoxy) is 2. The van der Waals surface area contributed by atoms with Gasteiger partial charge in [0.25, 0.3) is 0 Å². The highest BCUT2D eigenvalue weighted by atomic mass is 16.6. The Kier molecular flexibility index (Phi) is 2.10. The van der Waals surface area contributed by atoms with E-state index in [9.17, 15) is 9.59 Å². The van der Waals surface area contributed by atoms with Crippen LogP contribution < -0.4 is 0 Å². The fourth-order valence-corrected chi connectivity index (χ4v) is 1.25. The van der Waals surface area contributed by atoms with Crippen LogP contribution >= 0.6 is 0 Å². The lowest BCUT2D eigenvalue weighted by Gasteiger charge is -2.32. The highest BCUT2D eigenvalue weighted by Crippen LogP contribution is 2.40. The van der Waals surface area contributed by atoms with Gasteiger partial charge in [-0.2, -0.15) is 0 Å². The number of hydrogen-bond acceptors (Lipinski definition) is 4. The van der Waals surface area contributed by atoms with Crippen molar-refractivity contribution in [2.24, 2.45) is 5.41 Å². The Morgan fingerprint density at radius 3 is 2.31 bits per heavy atom. The smallest absolute Gasteiger partial charge is 0.315 e. The van der Waals surface area contributed by atoms with Crippen LogP contribution in [-0.4, -0.2) is 24.1 Å². The SMILES string of the molecule is CC(=O)O[C@]1(C)COC(=O)C1(C)C. The molecule has 1 aliphatic rings. The van der Waals surface area contributed by atoms with E-state index in [4.69, 9.17) is 9.47 Å². The second-order valence-corrected chi connectivity index (χ2v) is 4.03. The molecular formula is C9H14O4. The average molecular weight is 186 g/mol. The summed E-state index contributed by atoms with van der Waals surface area (Å²) in [4.78, 5) is 22.1. The van der Waals surface area contributed by atoms with Gasteiger partial charge in [0.05, 0.1) is 0 Å². The third-order valence-corrected chi connectivity index (χ3v) is 2.68. The van der Waals surface area contributed by atoms with Crippen LogP contribution in [0, 0.1) is 5.41 Å². The molecule has 1 atom stereocenters. The van der Waals surface area contributed by atoms with Gasteiger partial charge >= 0.3 is 11.9 Å². The fourth-order valence-electron chi connectivity index (χ4n) is 1.25. The lowest BCUT2D eigenvalue weighted by Crippen LogP contribution is -2.45. The van der Waals surface area contributed by atoms with E-state index in [0.717, 1.165) is 0 Å². The van der Waals surface area contributed by atoms with Crippen molar-refractivity contribution in [2.75, 3.05) is 6.61 Å². The van der Waals surface area contributed by atoms with Gasteiger partial charge in [0.1, 0.15) is 12.0 Å². The molecule has 1 heterocycles. The van der Waals surface area contributed by atoms with Crippen LogP contribution in [0.25, 0.3) is 0 Å². The molecule has 0 aromatic rings. The Balaban J connectivity index is 2.91. The number of cyclic esters (lactones) is 1. The highest BCUT2D eigenvalue weighted by Gasteiger charge is 2.56. The van der Waals surface area contributed by atoms with Crippen molar-refractivity contribution < 1.29 is 19.1 Å². The Hall–Kier alpha value is -1.06. The van der Waals surface area contributed by atoms with E-state index in [1.165, 1.54) is 6.92 Å². The van der Waals surface area contributed by atoms with Gasteiger partial charge in [-0.15, -0.1) is 0 Å². The predicted molar refractivity (Wildman–Crippen MR) is 44.9 cm³/mol. The van der Waals surface area contributed by atoms with E-state index in [1.807, 2.05) is 0 Å². The molecule has 0 radical (unpaired) electrons. The van der Waals surface area contributed by atoms with Crippen molar-refractivity contribution in [1.29, 1.82) is 0 Å². The number of esters is 2. The molecule has 0 spiro atoms. The lowest BCUT2D eigenvalue weighted by molar-refractivity contribution is -0.164. The topological polar surface area (TPSA) is 52.6 Å². The normalized spacial score (nSPS) is 31.2. The molecule has 0 unspecified atom stereocenters. The first-order valence-electron chi connectivity index (χ1n) is 4.16. The van der Waals surface area contributed by atoms with Crippen molar-refractivity contribution >= 4 is 11.9 Å². The molecule has 4 heteroatoms. The number of hydrogen-bond donors (Lipinski definition) is 0. The average Bonchev–Trinajstić information content (AvgIpc) is 2.13. The van der Waals surface area contributed by atoms with Gasteiger partial charge in [0.15, 0.2) is 5.60 Å². The summed E-state index contributed by atoms with van der Waals surface area (Å²) in [6.07, 6.45) is 0. The molecule has 0 aromatic carbocycles. The summed E-state index contributed by atoms with van der Waals surface area (Å²) >= 11 is 0. The van der Waals surface area contributed by atoms with Gasteiger partial charge in [-0.1, -0.05) is 0 Å². The van der Waals surface area contributed by atoms with Crippen LogP contribution in [-0.2, 0) is 19.1 Å². The van der Waals surface area contributed by atoms with Crippen molar-refractivity contribution in [3.63, 3.8) is 0 Å². The van der Waals surface area contributed by atoms with Crippen LogP contribution in [0.5, 0.6) is 0 Å². The van der Waals surface area contributed by atoms with Crippen molar-refractivity contribution in [1.82, 2.24) is 0 Å². The van der Waals surface area contributed by atoms with Crippen LogP contribution in [0.1, 0.15) is 27.7 Å². The molecule has 74 valence electrons. The Morgan fingerprint density at radius 2 is 2.00 bits per heavy atom. The van der Waals surface area contributed by atoms with E-state index in [0.29, 0.717) is 0 Å². The minimum atomic E-state index is -0.837. The zero-order valence-electron chi connectivity index (χ0n) is 8.34. The molecule has 0 saturated carbocycles. The monoisotopic (exact) mass is 186 g/mol. The summed E-state index contributed by atoms with van der Waals surface area (Å²) < 4.78 is 9.97. The standard InChI is InChI=1S/C9H14O4/c1-6(10)13-9(4)5-12-7(11)8(9,2)3/h5H2,1-4H3/t9-/m1/s1. The first kappa shape index (κ1) is 10.0. The predicted octanol–water partition coefficient (Wildman–Crippen LogP) is 0.891. The molecule has 0 N–H and O–H groups in total. The summed E-state index contributed by atoms with van der Waals surface area (Å²) in [5.41, 5.74) is -1.60. The summed E-state index contributed by atoms with van der Waals surface area (Å²) in [5, 5.41) is 0. The summed E-state index contributed by atoms with van der Waals surface area (Å²) in [6, 6.07) is 0. The van der Waals surface area contributed by atoms with E-state index in [-0.39, 0.29) is 12.6 Å². The van der Waals surface area contributed by atoms with Gasteiger partial charge < -0.3 is 9.47 Å². The van der Waals surface area contributed by atoms with E-state index < -0.39 is 17.0 Å². The highest BCUT2D eigenvalue weighted by molar-refractivity contribution is 5.81. The summed E-state index contributed by atoms with van der Waals surface area (Å²) in [5.74, 6) is -0.717. The zero-order chi connectivity index (χ0) is 10.3. The Morgan fingerprint density at radius 1 is 1.46 bits per heavy atom. The molecule has 1 aliphatic heterocycles. The maximum atomic E-state index is 11.3. The van der Waals surface area contributed by atoms with Gasteiger partial charge in [0, 0.05) is 6.92 Å². The Labute approximate surface area is 77.2 Å². The quantitative estimate of drug-likeness (QED) is 0.571. The zero-order valence-corrected chi connectivity index (χ0v) is 8.34. The van der Waals surface area contributed by atoms with Gasteiger partial charge in [-0.25, -0.2) is 0 Å². The third kappa shape index (κ3) is 1.41. The van der Waals surface area contributed by atoms with Crippen LogP contribution in [0.4, 0.5) is 0 Å². The van der Waals surface area contributed by atoms with Crippen LogP contribution in [0.15, 0.2) is 0 Å². The van der Waals surface area contributed by atoms with Gasteiger partial charge in [0.2, 0.25) is 0 Å². The second kappa shape index (κ2) is 2.72. The molecule has 1 rings (SSSR count). The molecule has 0 amide bonds. The maximum absolute atomic E-state index is 11.3.